The van der Waals surface area contributed by atoms with Crippen molar-refractivity contribution in [3.63, 3.8) is 0 Å². The fourth-order valence-electron chi connectivity index (χ4n) is 2.43. The summed E-state index contributed by atoms with van der Waals surface area (Å²) in [6.45, 7) is 2.31. The van der Waals surface area contributed by atoms with Gasteiger partial charge in [-0.3, -0.25) is 0 Å². The first-order valence-corrected chi connectivity index (χ1v) is 7.85. The lowest BCUT2D eigenvalue weighted by molar-refractivity contribution is 0.306. The van der Waals surface area contributed by atoms with Crippen LogP contribution in [-0.4, -0.2) is 9.78 Å². The van der Waals surface area contributed by atoms with Crippen molar-refractivity contribution in [2.45, 2.75) is 13.5 Å². The number of aromatic nitrogens is 2. The molecule has 1 heterocycles. The molecule has 0 aliphatic heterocycles. The van der Waals surface area contributed by atoms with Gasteiger partial charge >= 0.3 is 0 Å². The van der Waals surface area contributed by atoms with Crippen LogP contribution in [0.15, 0.2) is 48.8 Å². The average Bonchev–Trinajstić information content (AvgIpc) is 3.09. The van der Waals surface area contributed by atoms with E-state index < -0.39 is 0 Å². The SMILES string of the molecule is Cc1cc(COc2ccc(C#N)cc2Cl)cc(-n2cc(C#N)cn2)c1. The number of benzene rings is 2. The van der Waals surface area contributed by atoms with Crippen LogP contribution in [-0.2, 0) is 6.61 Å². The van der Waals surface area contributed by atoms with E-state index in [4.69, 9.17) is 26.9 Å². The molecule has 0 saturated carbocycles. The number of hydrogen-bond acceptors (Lipinski definition) is 4. The third-order valence-corrected chi connectivity index (χ3v) is 3.85. The minimum absolute atomic E-state index is 0.326. The number of rotatable bonds is 4. The van der Waals surface area contributed by atoms with Gasteiger partial charge in [0, 0.05) is 6.20 Å². The molecule has 122 valence electrons. The fraction of sp³-hybridized carbons (Fsp3) is 0.105. The predicted molar refractivity (Wildman–Crippen MR) is 93.5 cm³/mol. The Kier molecular flexibility index (Phi) is 4.70. The van der Waals surface area contributed by atoms with Gasteiger partial charge in [0.2, 0.25) is 0 Å². The number of nitrogens with zero attached hydrogens (tertiary/aromatic N) is 4. The maximum atomic E-state index is 8.92. The molecule has 0 amide bonds. The number of nitriles is 2. The Balaban J connectivity index is 1.81. The van der Waals surface area contributed by atoms with E-state index in [-0.39, 0.29) is 0 Å². The number of hydrogen-bond donors (Lipinski definition) is 0. The Morgan fingerprint density at radius 3 is 2.60 bits per heavy atom. The highest BCUT2D eigenvalue weighted by molar-refractivity contribution is 6.32. The lowest BCUT2D eigenvalue weighted by Gasteiger charge is -2.11. The molecule has 2 aromatic carbocycles. The second-order valence-corrected chi connectivity index (χ2v) is 5.92. The van der Waals surface area contributed by atoms with Crippen molar-refractivity contribution in [2.75, 3.05) is 0 Å². The van der Waals surface area contributed by atoms with Crippen molar-refractivity contribution >= 4 is 11.6 Å². The summed E-state index contributed by atoms with van der Waals surface area (Å²) in [5.74, 6) is 0.523. The monoisotopic (exact) mass is 348 g/mol. The van der Waals surface area contributed by atoms with Gasteiger partial charge in [-0.15, -0.1) is 0 Å². The van der Waals surface area contributed by atoms with Crippen LogP contribution in [0, 0.1) is 29.6 Å². The molecule has 0 bridgehead atoms. The van der Waals surface area contributed by atoms with E-state index in [1.807, 2.05) is 31.2 Å². The van der Waals surface area contributed by atoms with Crippen LogP contribution in [0.3, 0.4) is 0 Å². The normalized spacial score (nSPS) is 10.1. The molecular weight excluding hydrogens is 336 g/mol. The van der Waals surface area contributed by atoms with Crippen LogP contribution < -0.4 is 4.74 Å². The van der Waals surface area contributed by atoms with Crippen molar-refractivity contribution in [1.29, 1.82) is 10.5 Å². The van der Waals surface area contributed by atoms with Gasteiger partial charge in [-0.2, -0.15) is 15.6 Å². The highest BCUT2D eigenvalue weighted by Gasteiger charge is 2.07. The first-order valence-electron chi connectivity index (χ1n) is 7.47. The lowest BCUT2D eigenvalue weighted by atomic mass is 10.1. The predicted octanol–water partition coefficient (Wildman–Crippen LogP) is 4.16. The van der Waals surface area contributed by atoms with E-state index in [0.717, 1.165) is 16.8 Å². The minimum Gasteiger partial charge on any atom is -0.487 e. The smallest absolute Gasteiger partial charge is 0.138 e. The van der Waals surface area contributed by atoms with E-state index in [1.165, 1.54) is 6.20 Å². The first-order chi connectivity index (χ1) is 12.1. The molecule has 0 N–H and O–H groups in total. The largest absolute Gasteiger partial charge is 0.487 e. The van der Waals surface area contributed by atoms with Crippen molar-refractivity contribution in [2.24, 2.45) is 0 Å². The van der Waals surface area contributed by atoms with Gasteiger partial charge in [0.15, 0.2) is 0 Å². The zero-order valence-corrected chi connectivity index (χ0v) is 14.2. The van der Waals surface area contributed by atoms with Crippen LogP contribution in [0.2, 0.25) is 5.02 Å². The second kappa shape index (κ2) is 7.09. The quantitative estimate of drug-likeness (QED) is 0.709. The van der Waals surface area contributed by atoms with Crippen molar-refractivity contribution in [3.05, 3.63) is 76.1 Å². The Bertz CT molecular complexity index is 1010. The Labute approximate surface area is 150 Å². The third-order valence-electron chi connectivity index (χ3n) is 3.55. The molecule has 0 aliphatic rings. The maximum absolute atomic E-state index is 8.92. The Morgan fingerprint density at radius 1 is 1.12 bits per heavy atom. The summed E-state index contributed by atoms with van der Waals surface area (Å²) in [6, 6.07) is 15.0. The minimum atomic E-state index is 0.326. The van der Waals surface area contributed by atoms with Gasteiger partial charge in [0.05, 0.1) is 34.1 Å². The van der Waals surface area contributed by atoms with Gasteiger partial charge in [-0.1, -0.05) is 17.7 Å². The molecule has 0 atom stereocenters. The second-order valence-electron chi connectivity index (χ2n) is 5.51. The molecule has 0 saturated heterocycles. The summed E-state index contributed by atoms with van der Waals surface area (Å²) in [7, 11) is 0. The summed E-state index contributed by atoms with van der Waals surface area (Å²) in [4.78, 5) is 0. The first kappa shape index (κ1) is 16.6. The van der Waals surface area contributed by atoms with Crippen LogP contribution >= 0.6 is 11.6 Å². The molecular formula is C19H13ClN4O. The number of ether oxygens (including phenoxy) is 1. The fourth-order valence-corrected chi connectivity index (χ4v) is 2.66. The van der Waals surface area contributed by atoms with Crippen LogP contribution in [0.5, 0.6) is 5.75 Å². The molecule has 6 heteroatoms. The molecule has 1 aromatic heterocycles. The zero-order chi connectivity index (χ0) is 17.8. The molecule has 3 aromatic rings. The maximum Gasteiger partial charge on any atom is 0.138 e. The van der Waals surface area contributed by atoms with Gasteiger partial charge in [0.25, 0.3) is 0 Å². The third kappa shape index (κ3) is 3.80. The van der Waals surface area contributed by atoms with Crippen LogP contribution in [0.25, 0.3) is 5.69 Å². The van der Waals surface area contributed by atoms with Gasteiger partial charge < -0.3 is 4.74 Å². The molecule has 25 heavy (non-hydrogen) atoms. The molecule has 0 radical (unpaired) electrons. The summed E-state index contributed by atoms with van der Waals surface area (Å²) in [5.41, 5.74) is 3.84. The summed E-state index contributed by atoms with van der Waals surface area (Å²) in [5, 5.41) is 22.4. The molecule has 0 fully saturated rings. The van der Waals surface area contributed by atoms with Gasteiger partial charge in [-0.25, -0.2) is 4.68 Å². The molecule has 3 rings (SSSR count). The number of aryl methyl sites for hydroxylation is 1. The van der Waals surface area contributed by atoms with E-state index >= 15 is 0 Å². The molecule has 0 spiro atoms. The summed E-state index contributed by atoms with van der Waals surface area (Å²) < 4.78 is 7.43. The highest BCUT2D eigenvalue weighted by Crippen LogP contribution is 2.26. The van der Waals surface area contributed by atoms with E-state index in [0.29, 0.717) is 28.5 Å². The van der Waals surface area contributed by atoms with Crippen LogP contribution in [0.4, 0.5) is 0 Å². The van der Waals surface area contributed by atoms with Gasteiger partial charge in [0.1, 0.15) is 18.4 Å². The zero-order valence-electron chi connectivity index (χ0n) is 13.4. The Hall–Kier alpha value is -3.28. The van der Waals surface area contributed by atoms with Crippen molar-refractivity contribution in [3.8, 4) is 23.6 Å². The lowest BCUT2D eigenvalue weighted by Crippen LogP contribution is -2.01. The highest BCUT2D eigenvalue weighted by atomic mass is 35.5. The van der Waals surface area contributed by atoms with Crippen LogP contribution in [0.1, 0.15) is 22.3 Å². The van der Waals surface area contributed by atoms with Gasteiger partial charge in [-0.05, 0) is 48.4 Å². The number of halogens is 1. The Morgan fingerprint density at radius 2 is 1.92 bits per heavy atom. The summed E-state index contributed by atoms with van der Waals surface area (Å²) >= 11 is 6.13. The van der Waals surface area contributed by atoms with E-state index in [2.05, 4.69) is 11.2 Å². The van der Waals surface area contributed by atoms with E-state index in [9.17, 15) is 0 Å². The van der Waals surface area contributed by atoms with Crippen molar-refractivity contribution in [1.82, 2.24) is 9.78 Å². The van der Waals surface area contributed by atoms with Crippen molar-refractivity contribution < 1.29 is 4.74 Å². The standard InChI is InChI=1S/C19H13ClN4O/c1-13-4-15(6-17(5-13)24-11-16(9-22)10-23-24)12-25-19-3-2-14(8-21)7-18(19)20/h2-7,10-11H,12H2,1H3. The summed E-state index contributed by atoms with van der Waals surface area (Å²) in [6.07, 6.45) is 3.20. The van der Waals surface area contributed by atoms with E-state index in [1.54, 1.807) is 29.1 Å². The molecule has 0 unspecified atom stereocenters. The molecule has 0 aliphatic carbocycles. The molecule has 5 nitrogen and oxygen atoms in total. The topological polar surface area (TPSA) is 74.6 Å². The average molecular weight is 349 g/mol.